The maximum Gasteiger partial charge on any atom is 0.264 e. The summed E-state index contributed by atoms with van der Waals surface area (Å²) in [5.74, 6) is -0.779. The Labute approximate surface area is 126 Å². The first-order chi connectivity index (χ1) is 10.1. The summed E-state index contributed by atoms with van der Waals surface area (Å²) < 4.78 is 14.4. The van der Waals surface area contributed by atoms with Crippen LogP contribution in [-0.2, 0) is 4.79 Å². The molecule has 2 rings (SSSR count). The van der Waals surface area contributed by atoms with Crippen LogP contribution < -0.4 is 5.32 Å². The van der Waals surface area contributed by atoms with E-state index >= 15 is 0 Å². The molecule has 6 heteroatoms. The normalized spacial score (nSPS) is 10.6. The van der Waals surface area contributed by atoms with Crippen LogP contribution in [0.1, 0.15) is 23.5 Å². The second kappa shape index (κ2) is 6.67. The molecule has 21 heavy (non-hydrogen) atoms. The fraction of sp³-hybridized carbons (Fsp3) is 0.333. The van der Waals surface area contributed by atoms with E-state index in [1.165, 1.54) is 22.3 Å². The van der Waals surface area contributed by atoms with E-state index in [4.69, 9.17) is 0 Å². The molecular weight excluding hydrogens is 291 g/mol. The second-order valence-electron chi connectivity index (χ2n) is 4.54. The Morgan fingerprint density at radius 2 is 2.10 bits per heavy atom. The van der Waals surface area contributed by atoms with E-state index in [1.807, 2.05) is 13.8 Å². The third kappa shape index (κ3) is 3.39. The number of carbonyl (C=O) groups is 2. The minimum atomic E-state index is -0.338. The van der Waals surface area contributed by atoms with Gasteiger partial charge in [0, 0.05) is 23.2 Å². The molecule has 0 atom stereocenters. The van der Waals surface area contributed by atoms with Crippen molar-refractivity contribution in [1.82, 2.24) is 10.2 Å². The molecule has 1 aromatic carbocycles. The molecule has 0 unspecified atom stereocenters. The van der Waals surface area contributed by atoms with Gasteiger partial charge in [-0.2, -0.15) is 0 Å². The van der Waals surface area contributed by atoms with Gasteiger partial charge in [-0.15, -0.1) is 11.3 Å². The highest BCUT2D eigenvalue weighted by atomic mass is 32.1. The minimum Gasteiger partial charge on any atom is -0.355 e. The third-order valence-corrected chi connectivity index (χ3v) is 4.18. The summed E-state index contributed by atoms with van der Waals surface area (Å²) in [4.78, 5) is 25.9. The number of amides is 2. The summed E-state index contributed by atoms with van der Waals surface area (Å²) in [7, 11) is 0. The van der Waals surface area contributed by atoms with Gasteiger partial charge in [-0.25, -0.2) is 4.39 Å². The van der Waals surface area contributed by atoms with Crippen molar-refractivity contribution >= 4 is 33.2 Å². The predicted octanol–water partition coefficient (Wildman–Crippen LogP) is 2.64. The summed E-state index contributed by atoms with van der Waals surface area (Å²) >= 11 is 1.24. The highest BCUT2D eigenvalue weighted by Gasteiger charge is 2.20. The smallest absolute Gasteiger partial charge is 0.264 e. The molecule has 2 amide bonds. The molecule has 0 bridgehead atoms. The summed E-state index contributed by atoms with van der Waals surface area (Å²) in [5.41, 5.74) is 0. The predicted molar refractivity (Wildman–Crippen MR) is 82.0 cm³/mol. The van der Waals surface area contributed by atoms with Crippen LogP contribution in [0.4, 0.5) is 4.39 Å². The number of nitrogens with one attached hydrogen (secondary N) is 1. The van der Waals surface area contributed by atoms with E-state index in [0.29, 0.717) is 23.4 Å². The molecule has 0 spiro atoms. The molecule has 1 heterocycles. The number of thiophene rings is 1. The van der Waals surface area contributed by atoms with Crippen LogP contribution in [0.25, 0.3) is 10.1 Å². The van der Waals surface area contributed by atoms with Gasteiger partial charge in [0.1, 0.15) is 5.82 Å². The van der Waals surface area contributed by atoms with Crippen LogP contribution >= 0.6 is 11.3 Å². The van der Waals surface area contributed by atoms with Crippen LogP contribution in [-0.4, -0.2) is 36.3 Å². The molecule has 0 saturated carbocycles. The molecule has 4 nitrogen and oxygen atoms in total. The highest BCUT2D eigenvalue weighted by Crippen LogP contribution is 2.28. The van der Waals surface area contributed by atoms with Crippen molar-refractivity contribution < 1.29 is 14.0 Å². The fourth-order valence-electron chi connectivity index (χ4n) is 2.04. The lowest BCUT2D eigenvalue weighted by molar-refractivity contribution is -0.121. The Morgan fingerprint density at radius 3 is 2.71 bits per heavy atom. The number of carbonyl (C=O) groups excluding carboxylic acids is 2. The molecule has 2 aromatic rings. The zero-order chi connectivity index (χ0) is 15.4. The fourth-order valence-corrected chi connectivity index (χ4v) is 3.08. The summed E-state index contributed by atoms with van der Waals surface area (Å²) in [6, 6.07) is 6.32. The molecule has 1 N–H and O–H groups in total. The highest BCUT2D eigenvalue weighted by molar-refractivity contribution is 7.20. The van der Waals surface area contributed by atoms with Gasteiger partial charge >= 0.3 is 0 Å². The van der Waals surface area contributed by atoms with Crippen LogP contribution in [0.3, 0.4) is 0 Å². The van der Waals surface area contributed by atoms with Crippen molar-refractivity contribution in [2.75, 3.05) is 19.6 Å². The van der Waals surface area contributed by atoms with Crippen molar-refractivity contribution in [1.29, 1.82) is 0 Å². The standard InChI is InChI=1S/C15H17FN2O2S/c1-3-17-14(19)9-18(4-2)15(20)13-8-10-11(16)6-5-7-12(10)21-13/h5-8H,3-4,9H2,1-2H3,(H,17,19). The topological polar surface area (TPSA) is 49.4 Å². The maximum absolute atomic E-state index is 13.7. The first kappa shape index (κ1) is 15.4. The van der Waals surface area contributed by atoms with E-state index in [0.717, 1.165) is 4.70 Å². The van der Waals surface area contributed by atoms with Gasteiger partial charge in [-0.1, -0.05) is 6.07 Å². The van der Waals surface area contributed by atoms with Gasteiger partial charge in [0.25, 0.3) is 5.91 Å². The zero-order valence-corrected chi connectivity index (χ0v) is 12.8. The van der Waals surface area contributed by atoms with Crippen LogP contribution in [0, 0.1) is 5.82 Å². The summed E-state index contributed by atoms with van der Waals surface area (Å²) in [6.07, 6.45) is 0. The van der Waals surface area contributed by atoms with Crippen molar-refractivity contribution in [2.24, 2.45) is 0 Å². The molecule has 112 valence electrons. The molecule has 0 aliphatic carbocycles. The number of rotatable bonds is 5. The van der Waals surface area contributed by atoms with E-state index in [-0.39, 0.29) is 24.2 Å². The Morgan fingerprint density at radius 1 is 1.33 bits per heavy atom. The van der Waals surface area contributed by atoms with Crippen LogP contribution in [0.15, 0.2) is 24.3 Å². The first-order valence-corrected chi connectivity index (χ1v) is 7.62. The minimum absolute atomic E-state index is 0.0138. The molecule has 0 aliphatic rings. The average Bonchev–Trinajstić information content (AvgIpc) is 2.90. The molecule has 0 radical (unpaired) electrons. The Balaban J connectivity index is 2.23. The third-order valence-electron chi connectivity index (χ3n) is 3.10. The Hall–Kier alpha value is -1.95. The van der Waals surface area contributed by atoms with Crippen molar-refractivity contribution in [3.8, 4) is 0 Å². The molecule has 0 saturated heterocycles. The van der Waals surface area contributed by atoms with Crippen molar-refractivity contribution in [2.45, 2.75) is 13.8 Å². The van der Waals surface area contributed by atoms with Gasteiger partial charge in [-0.3, -0.25) is 9.59 Å². The van der Waals surface area contributed by atoms with Gasteiger partial charge in [0.15, 0.2) is 0 Å². The Bertz CT molecular complexity index is 669. The van der Waals surface area contributed by atoms with E-state index in [1.54, 1.807) is 18.2 Å². The van der Waals surface area contributed by atoms with Gasteiger partial charge in [0.2, 0.25) is 5.91 Å². The average molecular weight is 308 g/mol. The monoisotopic (exact) mass is 308 g/mol. The maximum atomic E-state index is 13.7. The first-order valence-electron chi connectivity index (χ1n) is 6.80. The molecule has 1 aromatic heterocycles. The molecule has 0 aliphatic heterocycles. The lowest BCUT2D eigenvalue weighted by atomic mass is 10.2. The SMILES string of the molecule is CCNC(=O)CN(CC)C(=O)c1cc2c(F)cccc2s1. The summed E-state index contributed by atoms with van der Waals surface area (Å²) in [5, 5.41) is 3.11. The number of benzene rings is 1. The number of fused-ring (bicyclic) bond motifs is 1. The van der Waals surface area contributed by atoms with Crippen LogP contribution in [0.5, 0.6) is 0 Å². The van der Waals surface area contributed by atoms with Crippen molar-refractivity contribution in [3.05, 3.63) is 35.0 Å². The van der Waals surface area contributed by atoms with Gasteiger partial charge < -0.3 is 10.2 Å². The number of halogens is 1. The van der Waals surface area contributed by atoms with E-state index in [9.17, 15) is 14.0 Å². The number of nitrogens with zero attached hydrogens (tertiary/aromatic N) is 1. The largest absolute Gasteiger partial charge is 0.355 e. The summed E-state index contributed by atoms with van der Waals surface area (Å²) in [6.45, 7) is 4.60. The number of hydrogen-bond donors (Lipinski definition) is 1. The Kier molecular flexibility index (Phi) is 4.90. The van der Waals surface area contributed by atoms with Gasteiger partial charge in [0.05, 0.1) is 11.4 Å². The molecular formula is C15H17FN2O2S. The molecule has 0 fully saturated rings. The quantitative estimate of drug-likeness (QED) is 0.923. The van der Waals surface area contributed by atoms with Gasteiger partial charge in [-0.05, 0) is 32.0 Å². The van der Waals surface area contributed by atoms with E-state index < -0.39 is 0 Å². The second-order valence-corrected chi connectivity index (χ2v) is 5.62. The lowest BCUT2D eigenvalue weighted by Gasteiger charge is -2.19. The number of hydrogen-bond acceptors (Lipinski definition) is 3. The number of likely N-dealkylation sites (N-methyl/N-ethyl adjacent to an activating group) is 2. The van der Waals surface area contributed by atoms with Crippen molar-refractivity contribution in [3.63, 3.8) is 0 Å². The van der Waals surface area contributed by atoms with E-state index in [2.05, 4.69) is 5.32 Å². The van der Waals surface area contributed by atoms with Crippen LogP contribution in [0.2, 0.25) is 0 Å². The zero-order valence-electron chi connectivity index (χ0n) is 12.0. The lowest BCUT2D eigenvalue weighted by Crippen LogP contribution is -2.40.